The summed E-state index contributed by atoms with van der Waals surface area (Å²) in [6.45, 7) is 5.88. The Balaban J connectivity index is 2.64. The Morgan fingerprint density at radius 1 is 1.47 bits per heavy atom. The molecule has 3 N–H and O–H groups in total. The molecule has 0 aliphatic carbocycles. The fourth-order valence-electron chi connectivity index (χ4n) is 1.60. The summed E-state index contributed by atoms with van der Waals surface area (Å²) in [5.41, 5.74) is 5.09. The molecular formula is C10H19FN2O2. The molecule has 1 fully saturated rings. The minimum atomic E-state index is -1.26. The summed E-state index contributed by atoms with van der Waals surface area (Å²) in [6.07, 6.45) is -1.26. The van der Waals surface area contributed by atoms with Crippen LogP contribution in [-0.4, -0.2) is 36.9 Å². The van der Waals surface area contributed by atoms with Gasteiger partial charge in [-0.15, -0.1) is 0 Å². The predicted molar refractivity (Wildman–Crippen MR) is 55.1 cm³/mol. The number of nitrogens with one attached hydrogen (secondary N) is 1. The Bertz CT molecular complexity index is 230. The predicted octanol–water partition coefficient (Wildman–Crippen LogP) is 0.213. The van der Waals surface area contributed by atoms with E-state index in [4.69, 9.17) is 10.5 Å². The lowest BCUT2D eigenvalue weighted by Crippen LogP contribution is -2.56. The molecule has 4 nitrogen and oxygen atoms in total. The van der Waals surface area contributed by atoms with Gasteiger partial charge in [0.05, 0.1) is 0 Å². The highest BCUT2D eigenvalue weighted by Gasteiger charge is 2.39. The second-order valence-electron chi connectivity index (χ2n) is 4.90. The van der Waals surface area contributed by atoms with Crippen molar-refractivity contribution in [3.05, 3.63) is 0 Å². The van der Waals surface area contributed by atoms with Crippen molar-refractivity contribution in [2.45, 2.75) is 38.6 Å². The molecular weight excluding hydrogens is 199 g/mol. The average Bonchev–Trinajstić information content (AvgIpc) is 1.99. The second-order valence-corrected chi connectivity index (χ2v) is 4.90. The summed E-state index contributed by atoms with van der Waals surface area (Å²) >= 11 is 0. The highest BCUT2D eigenvalue weighted by atomic mass is 19.1. The Morgan fingerprint density at radius 2 is 2.07 bits per heavy atom. The molecule has 0 radical (unpaired) electrons. The highest BCUT2D eigenvalue weighted by Crippen LogP contribution is 2.20. The van der Waals surface area contributed by atoms with Gasteiger partial charge in [-0.3, -0.25) is 4.79 Å². The van der Waals surface area contributed by atoms with E-state index in [-0.39, 0.29) is 6.54 Å². The van der Waals surface area contributed by atoms with Gasteiger partial charge in [0, 0.05) is 19.1 Å². The third-order valence-electron chi connectivity index (χ3n) is 2.25. The largest absolute Gasteiger partial charge is 0.460 e. The third kappa shape index (κ3) is 3.43. The first-order valence-electron chi connectivity index (χ1n) is 5.14. The van der Waals surface area contributed by atoms with Crippen molar-refractivity contribution < 1.29 is 13.9 Å². The van der Waals surface area contributed by atoms with Crippen molar-refractivity contribution in [2.24, 2.45) is 11.7 Å². The summed E-state index contributed by atoms with van der Waals surface area (Å²) in [4.78, 5) is 11.7. The minimum Gasteiger partial charge on any atom is -0.460 e. The monoisotopic (exact) mass is 218 g/mol. The topological polar surface area (TPSA) is 64.3 Å². The molecule has 5 heteroatoms. The first-order valence-corrected chi connectivity index (χ1v) is 5.14. The summed E-state index contributed by atoms with van der Waals surface area (Å²) in [5, 5.41) is 2.82. The Kier molecular flexibility index (Phi) is 3.67. The number of hydrogen-bond acceptors (Lipinski definition) is 4. The number of rotatable bonds is 1. The van der Waals surface area contributed by atoms with Crippen LogP contribution in [0.5, 0.6) is 0 Å². The normalized spacial score (nSPS) is 32.5. The maximum atomic E-state index is 13.5. The van der Waals surface area contributed by atoms with Gasteiger partial charge in [-0.1, -0.05) is 0 Å². The van der Waals surface area contributed by atoms with Crippen LogP contribution < -0.4 is 11.1 Å². The second kappa shape index (κ2) is 4.45. The van der Waals surface area contributed by atoms with E-state index in [1.54, 1.807) is 20.8 Å². The van der Waals surface area contributed by atoms with Gasteiger partial charge in [-0.05, 0) is 20.8 Å². The van der Waals surface area contributed by atoms with E-state index in [1.807, 2.05) is 0 Å². The van der Waals surface area contributed by atoms with Crippen molar-refractivity contribution in [1.82, 2.24) is 5.32 Å². The van der Waals surface area contributed by atoms with Crippen LogP contribution in [0.1, 0.15) is 20.8 Å². The van der Waals surface area contributed by atoms with Crippen molar-refractivity contribution in [3.8, 4) is 0 Å². The smallest absolute Gasteiger partial charge is 0.314 e. The number of esters is 1. The molecule has 15 heavy (non-hydrogen) atoms. The van der Waals surface area contributed by atoms with E-state index in [9.17, 15) is 9.18 Å². The molecule has 1 rings (SSSR count). The molecule has 0 spiro atoms. The number of alkyl halides is 1. The van der Waals surface area contributed by atoms with Crippen LogP contribution in [0.15, 0.2) is 0 Å². The van der Waals surface area contributed by atoms with E-state index in [2.05, 4.69) is 5.32 Å². The lowest BCUT2D eigenvalue weighted by atomic mass is 9.91. The van der Waals surface area contributed by atoms with Crippen LogP contribution in [-0.2, 0) is 9.53 Å². The summed E-state index contributed by atoms with van der Waals surface area (Å²) < 4.78 is 18.6. The Hall–Kier alpha value is -0.680. The molecule has 88 valence electrons. The molecule has 1 aliphatic rings. The number of nitrogens with two attached hydrogens (primary N) is 1. The van der Waals surface area contributed by atoms with Gasteiger partial charge in [0.25, 0.3) is 0 Å². The number of ether oxygens (including phenoxy) is 1. The van der Waals surface area contributed by atoms with Crippen LogP contribution in [0.3, 0.4) is 0 Å². The summed E-state index contributed by atoms with van der Waals surface area (Å²) in [5.74, 6) is -1.38. The maximum absolute atomic E-state index is 13.5. The summed E-state index contributed by atoms with van der Waals surface area (Å²) in [6, 6.07) is -0.511. The van der Waals surface area contributed by atoms with E-state index >= 15 is 0 Å². The molecule has 0 aromatic rings. The van der Waals surface area contributed by atoms with Gasteiger partial charge in [0.1, 0.15) is 17.7 Å². The lowest BCUT2D eigenvalue weighted by molar-refractivity contribution is -0.164. The Labute approximate surface area is 89.3 Å². The number of carbonyl (C=O) groups is 1. The van der Waals surface area contributed by atoms with Crippen molar-refractivity contribution >= 4 is 5.97 Å². The highest BCUT2D eigenvalue weighted by molar-refractivity contribution is 5.74. The van der Waals surface area contributed by atoms with Gasteiger partial charge in [0.15, 0.2) is 0 Å². The summed E-state index contributed by atoms with van der Waals surface area (Å²) in [7, 11) is 0. The first kappa shape index (κ1) is 12.4. The lowest BCUT2D eigenvalue weighted by Gasteiger charge is -2.32. The van der Waals surface area contributed by atoms with Gasteiger partial charge >= 0.3 is 5.97 Å². The van der Waals surface area contributed by atoms with Crippen LogP contribution in [0.2, 0.25) is 0 Å². The van der Waals surface area contributed by atoms with E-state index in [0.29, 0.717) is 6.54 Å². The van der Waals surface area contributed by atoms with E-state index in [0.717, 1.165) is 0 Å². The molecule has 1 unspecified atom stereocenters. The number of hydrogen-bond donors (Lipinski definition) is 2. The fraction of sp³-hybridized carbons (Fsp3) is 0.900. The number of piperidine rings is 1. The third-order valence-corrected chi connectivity index (χ3v) is 2.25. The van der Waals surface area contributed by atoms with Crippen molar-refractivity contribution in [2.75, 3.05) is 13.1 Å². The number of halogens is 1. The maximum Gasteiger partial charge on any atom is 0.314 e. The zero-order valence-corrected chi connectivity index (χ0v) is 9.42. The molecule has 0 bridgehead atoms. The van der Waals surface area contributed by atoms with Crippen LogP contribution >= 0.6 is 0 Å². The fourth-order valence-corrected chi connectivity index (χ4v) is 1.60. The zero-order valence-electron chi connectivity index (χ0n) is 9.42. The molecule has 1 aliphatic heterocycles. The van der Waals surface area contributed by atoms with Gasteiger partial charge in [-0.2, -0.15) is 0 Å². The Morgan fingerprint density at radius 3 is 2.53 bits per heavy atom. The average molecular weight is 218 g/mol. The number of carbonyl (C=O) groups excluding carboxylic acids is 1. The van der Waals surface area contributed by atoms with E-state index in [1.165, 1.54) is 0 Å². The standard InChI is InChI=1S/C10H19FN2O2/c1-10(2,3)15-9(14)8-6(11)4-13-5-7(8)12/h6-8,13H,4-5,12H2,1-3H3/t6-,7-,8?/m0/s1. The van der Waals surface area contributed by atoms with Crippen LogP contribution in [0.4, 0.5) is 4.39 Å². The zero-order chi connectivity index (χ0) is 11.6. The van der Waals surface area contributed by atoms with Gasteiger partial charge in [0.2, 0.25) is 0 Å². The van der Waals surface area contributed by atoms with Gasteiger partial charge < -0.3 is 15.8 Å². The molecule has 0 aromatic heterocycles. The molecule has 1 heterocycles. The molecule has 0 aromatic carbocycles. The molecule has 0 saturated carbocycles. The first-order chi connectivity index (χ1) is 6.81. The van der Waals surface area contributed by atoms with Crippen LogP contribution in [0, 0.1) is 5.92 Å². The molecule has 3 atom stereocenters. The van der Waals surface area contributed by atoms with Crippen molar-refractivity contribution in [3.63, 3.8) is 0 Å². The van der Waals surface area contributed by atoms with Crippen LogP contribution in [0.25, 0.3) is 0 Å². The minimum absolute atomic E-state index is 0.164. The molecule has 1 saturated heterocycles. The van der Waals surface area contributed by atoms with Crippen molar-refractivity contribution in [1.29, 1.82) is 0 Å². The van der Waals surface area contributed by atoms with E-state index < -0.39 is 29.7 Å². The molecule has 0 amide bonds. The quantitative estimate of drug-likeness (QED) is 0.618. The van der Waals surface area contributed by atoms with Gasteiger partial charge in [-0.25, -0.2) is 4.39 Å². The SMILES string of the molecule is CC(C)(C)OC(=O)C1[C@@H](N)CNC[C@@H]1F.